The number of para-hydroxylation sites is 1. The monoisotopic (exact) mass is 306 g/mol. The molecule has 0 aromatic heterocycles. The fourth-order valence-electron chi connectivity index (χ4n) is 2.33. The van der Waals surface area contributed by atoms with E-state index in [1.165, 1.54) is 6.42 Å². The third-order valence-electron chi connectivity index (χ3n) is 3.46. The standard InChI is InChI=1S/C16H22N2O2S/c1-2-12-20-14-9-5-4-8-13(14)15(19)17-16(21)18-10-6-3-7-11-18/h4-5,8-9H,2-3,6-7,10-12H2,1H3,(H,17,19,21). The average molecular weight is 306 g/mol. The summed E-state index contributed by atoms with van der Waals surface area (Å²) < 4.78 is 5.62. The van der Waals surface area contributed by atoms with E-state index < -0.39 is 0 Å². The van der Waals surface area contributed by atoms with Crippen molar-refractivity contribution in [2.24, 2.45) is 0 Å². The lowest BCUT2D eigenvalue weighted by atomic mass is 10.1. The first-order chi connectivity index (χ1) is 10.2. The van der Waals surface area contributed by atoms with Crippen LogP contribution in [0.1, 0.15) is 43.0 Å². The van der Waals surface area contributed by atoms with Gasteiger partial charge >= 0.3 is 0 Å². The molecule has 0 saturated carbocycles. The maximum atomic E-state index is 12.4. The van der Waals surface area contributed by atoms with Gasteiger partial charge in [-0.05, 0) is 50.0 Å². The summed E-state index contributed by atoms with van der Waals surface area (Å²) in [5.74, 6) is 0.413. The van der Waals surface area contributed by atoms with Gasteiger partial charge in [-0.15, -0.1) is 0 Å². The van der Waals surface area contributed by atoms with Crippen molar-refractivity contribution in [2.45, 2.75) is 32.6 Å². The first-order valence-corrected chi connectivity index (χ1v) is 7.95. The smallest absolute Gasteiger partial charge is 0.261 e. The summed E-state index contributed by atoms with van der Waals surface area (Å²) in [5.41, 5.74) is 0.533. The number of carbonyl (C=O) groups excluding carboxylic acids is 1. The third kappa shape index (κ3) is 4.43. The van der Waals surface area contributed by atoms with Crippen molar-refractivity contribution < 1.29 is 9.53 Å². The van der Waals surface area contributed by atoms with E-state index in [2.05, 4.69) is 10.2 Å². The lowest BCUT2D eigenvalue weighted by Crippen LogP contribution is -2.45. The van der Waals surface area contributed by atoms with Crippen molar-refractivity contribution in [1.82, 2.24) is 10.2 Å². The number of likely N-dealkylation sites (tertiary alicyclic amines) is 1. The van der Waals surface area contributed by atoms with Gasteiger partial charge in [-0.25, -0.2) is 0 Å². The molecule has 0 unspecified atom stereocenters. The van der Waals surface area contributed by atoms with E-state index >= 15 is 0 Å². The first kappa shape index (κ1) is 15.8. The molecule has 1 heterocycles. The second kappa shape index (κ2) is 7.98. The summed E-state index contributed by atoms with van der Waals surface area (Å²) in [5, 5.41) is 3.34. The number of ether oxygens (including phenoxy) is 1. The first-order valence-electron chi connectivity index (χ1n) is 7.54. The van der Waals surface area contributed by atoms with Crippen LogP contribution in [0, 0.1) is 0 Å². The molecule has 1 aliphatic rings. The summed E-state index contributed by atoms with van der Waals surface area (Å²) in [7, 11) is 0. The normalized spacial score (nSPS) is 14.6. The molecule has 0 radical (unpaired) electrons. The minimum atomic E-state index is -0.197. The predicted octanol–water partition coefficient (Wildman–Crippen LogP) is 2.98. The zero-order chi connectivity index (χ0) is 15.1. The van der Waals surface area contributed by atoms with Crippen molar-refractivity contribution in [2.75, 3.05) is 19.7 Å². The highest BCUT2D eigenvalue weighted by molar-refractivity contribution is 7.80. The van der Waals surface area contributed by atoms with Crippen LogP contribution in [0.2, 0.25) is 0 Å². The Kier molecular flexibility index (Phi) is 5.99. The van der Waals surface area contributed by atoms with Gasteiger partial charge in [0.2, 0.25) is 0 Å². The van der Waals surface area contributed by atoms with Crippen LogP contribution >= 0.6 is 12.2 Å². The lowest BCUT2D eigenvalue weighted by molar-refractivity contribution is 0.0968. The van der Waals surface area contributed by atoms with Crippen LogP contribution in [0.5, 0.6) is 5.75 Å². The van der Waals surface area contributed by atoms with Crippen LogP contribution in [-0.4, -0.2) is 35.6 Å². The highest BCUT2D eigenvalue weighted by atomic mass is 32.1. The molecule has 1 fully saturated rings. The van der Waals surface area contributed by atoms with Gasteiger partial charge in [0.05, 0.1) is 12.2 Å². The Bertz CT molecular complexity index is 499. The molecule has 1 saturated heterocycles. The molecule has 1 amide bonds. The van der Waals surface area contributed by atoms with Crippen molar-refractivity contribution in [3.63, 3.8) is 0 Å². The molecule has 0 atom stereocenters. The van der Waals surface area contributed by atoms with Crippen molar-refractivity contribution in [1.29, 1.82) is 0 Å². The maximum Gasteiger partial charge on any atom is 0.261 e. The topological polar surface area (TPSA) is 41.6 Å². The van der Waals surface area contributed by atoms with Gasteiger partial charge in [-0.1, -0.05) is 19.1 Å². The van der Waals surface area contributed by atoms with Crippen LogP contribution in [0.4, 0.5) is 0 Å². The molecule has 5 heteroatoms. The van der Waals surface area contributed by atoms with E-state index in [9.17, 15) is 4.79 Å². The zero-order valence-corrected chi connectivity index (χ0v) is 13.2. The number of nitrogens with zero attached hydrogens (tertiary/aromatic N) is 1. The minimum absolute atomic E-state index is 0.197. The Morgan fingerprint density at radius 2 is 2.00 bits per heavy atom. The Morgan fingerprint density at radius 1 is 1.29 bits per heavy atom. The van der Waals surface area contributed by atoms with E-state index in [0.29, 0.717) is 23.0 Å². The lowest BCUT2D eigenvalue weighted by Gasteiger charge is -2.29. The van der Waals surface area contributed by atoms with Gasteiger partial charge in [0.25, 0.3) is 5.91 Å². The average Bonchev–Trinajstić information content (AvgIpc) is 2.54. The number of hydrogen-bond acceptors (Lipinski definition) is 3. The second-order valence-electron chi connectivity index (χ2n) is 5.15. The molecule has 1 N–H and O–H groups in total. The summed E-state index contributed by atoms with van der Waals surface area (Å²) >= 11 is 5.33. The second-order valence-corrected chi connectivity index (χ2v) is 5.54. The number of benzene rings is 1. The van der Waals surface area contributed by atoms with Crippen LogP contribution in [0.15, 0.2) is 24.3 Å². The third-order valence-corrected chi connectivity index (χ3v) is 3.82. The number of carbonyl (C=O) groups is 1. The zero-order valence-electron chi connectivity index (χ0n) is 12.4. The molecule has 0 bridgehead atoms. The summed E-state index contributed by atoms with van der Waals surface area (Å²) in [6.07, 6.45) is 4.40. The largest absolute Gasteiger partial charge is 0.493 e. The van der Waals surface area contributed by atoms with Crippen LogP contribution < -0.4 is 10.1 Å². The quantitative estimate of drug-likeness (QED) is 0.868. The van der Waals surface area contributed by atoms with Crippen molar-refractivity contribution in [3.8, 4) is 5.75 Å². The van der Waals surface area contributed by atoms with Gasteiger partial charge in [-0.2, -0.15) is 0 Å². The highest BCUT2D eigenvalue weighted by Crippen LogP contribution is 2.18. The number of thiocarbonyl (C=S) groups is 1. The van der Waals surface area contributed by atoms with Gasteiger partial charge in [0, 0.05) is 13.1 Å². The molecule has 21 heavy (non-hydrogen) atoms. The Labute approximate surface area is 131 Å². The number of nitrogens with one attached hydrogen (secondary N) is 1. The molecular formula is C16H22N2O2S. The van der Waals surface area contributed by atoms with E-state index in [1.807, 2.05) is 25.1 Å². The van der Waals surface area contributed by atoms with E-state index in [-0.39, 0.29) is 5.91 Å². The molecule has 114 valence electrons. The Morgan fingerprint density at radius 3 is 2.71 bits per heavy atom. The minimum Gasteiger partial charge on any atom is -0.493 e. The molecule has 1 aliphatic heterocycles. The Hall–Kier alpha value is -1.62. The summed E-state index contributed by atoms with van der Waals surface area (Å²) in [6, 6.07) is 7.27. The van der Waals surface area contributed by atoms with Gasteiger partial charge < -0.3 is 9.64 Å². The molecular weight excluding hydrogens is 284 g/mol. The Balaban J connectivity index is 2.00. The van der Waals surface area contributed by atoms with Crippen molar-refractivity contribution >= 4 is 23.2 Å². The fourth-order valence-corrected chi connectivity index (χ4v) is 2.61. The molecule has 1 aromatic carbocycles. The number of rotatable bonds is 4. The fraction of sp³-hybridized carbons (Fsp3) is 0.500. The molecule has 4 nitrogen and oxygen atoms in total. The van der Waals surface area contributed by atoms with E-state index in [4.69, 9.17) is 17.0 Å². The number of amides is 1. The molecule has 2 rings (SSSR count). The molecule has 1 aromatic rings. The summed E-state index contributed by atoms with van der Waals surface area (Å²) in [4.78, 5) is 14.4. The molecule has 0 spiro atoms. The van der Waals surface area contributed by atoms with E-state index in [1.54, 1.807) is 6.07 Å². The van der Waals surface area contributed by atoms with Crippen LogP contribution in [0.25, 0.3) is 0 Å². The predicted molar refractivity (Wildman–Crippen MR) is 87.7 cm³/mol. The number of piperidine rings is 1. The van der Waals surface area contributed by atoms with Gasteiger partial charge in [0.1, 0.15) is 5.75 Å². The summed E-state index contributed by atoms with van der Waals surface area (Å²) in [6.45, 7) is 4.48. The van der Waals surface area contributed by atoms with Gasteiger partial charge in [-0.3, -0.25) is 10.1 Å². The van der Waals surface area contributed by atoms with Crippen molar-refractivity contribution in [3.05, 3.63) is 29.8 Å². The number of hydrogen-bond donors (Lipinski definition) is 1. The van der Waals surface area contributed by atoms with Gasteiger partial charge in [0.15, 0.2) is 5.11 Å². The SMILES string of the molecule is CCCOc1ccccc1C(=O)NC(=S)N1CCCCC1. The van der Waals surface area contributed by atoms with Crippen LogP contribution in [0.3, 0.4) is 0 Å². The van der Waals surface area contributed by atoms with E-state index in [0.717, 1.165) is 32.4 Å². The molecule has 0 aliphatic carbocycles. The highest BCUT2D eigenvalue weighted by Gasteiger charge is 2.18. The van der Waals surface area contributed by atoms with Crippen LogP contribution in [-0.2, 0) is 0 Å². The maximum absolute atomic E-state index is 12.4.